The molecule has 0 spiro atoms. The summed E-state index contributed by atoms with van der Waals surface area (Å²) in [6.07, 6.45) is 5.59. The van der Waals surface area contributed by atoms with Gasteiger partial charge in [0.25, 0.3) is 10.0 Å². The van der Waals surface area contributed by atoms with Crippen LogP contribution >= 0.6 is 0 Å². The number of para-hydroxylation sites is 1. The summed E-state index contributed by atoms with van der Waals surface area (Å²) in [5, 5.41) is 9.33. The lowest BCUT2D eigenvalue weighted by Gasteiger charge is -2.10. The van der Waals surface area contributed by atoms with Crippen molar-refractivity contribution in [3.05, 3.63) is 96.1 Å². The quantitative estimate of drug-likeness (QED) is 0.483. The molecule has 152 valence electrons. The molecule has 1 N–H and O–H groups in total. The first kappa shape index (κ1) is 21.2. The first-order valence-corrected chi connectivity index (χ1v) is 11.0. The van der Waals surface area contributed by atoms with Crippen molar-refractivity contribution < 1.29 is 13.2 Å². The largest absolute Gasteiger partial charge is 0.494 e. The number of allylic oxidation sites excluding steroid dienone is 1. The Morgan fingerprint density at radius 1 is 0.967 bits per heavy atom. The van der Waals surface area contributed by atoms with Gasteiger partial charge in [-0.15, -0.1) is 0 Å². The molecular weight excluding hydrogens is 396 g/mol. The molecule has 0 atom stereocenters. The van der Waals surface area contributed by atoms with E-state index in [2.05, 4.69) is 4.72 Å². The second-order valence-electron chi connectivity index (χ2n) is 6.54. The predicted molar refractivity (Wildman–Crippen MR) is 119 cm³/mol. The van der Waals surface area contributed by atoms with Gasteiger partial charge in [-0.05, 0) is 54.8 Å². The molecule has 3 rings (SSSR count). The van der Waals surface area contributed by atoms with Crippen molar-refractivity contribution in [2.24, 2.45) is 0 Å². The van der Waals surface area contributed by atoms with Crippen LogP contribution in [0.25, 0.3) is 6.08 Å². The van der Waals surface area contributed by atoms with Gasteiger partial charge in [0.2, 0.25) is 0 Å². The fourth-order valence-electron chi connectivity index (χ4n) is 2.78. The summed E-state index contributed by atoms with van der Waals surface area (Å²) in [4.78, 5) is 0.147. The van der Waals surface area contributed by atoms with Gasteiger partial charge in [-0.2, -0.15) is 5.26 Å². The Labute approximate surface area is 177 Å². The molecule has 0 bridgehead atoms. The first-order valence-electron chi connectivity index (χ1n) is 9.55. The summed E-state index contributed by atoms with van der Waals surface area (Å²) in [5.41, 5.74) is 1.34. The minimum Gasteiger partial charge on any atom is -0.494 e. The summed E-state index contributed by atoms with van der Waals surface area (Å²) in [6.45, 7) is 0.615. The van der Waals surface area contributed by atoms with Gasteiger partial charge in [-0.3, -0.25) is 4.72 Å². The summed E-state index contributed by atoms with van der Waals surface area (Å²) >= 11 is 0. The van der Waals surface area contributed by atoms with E-state index in [1.165, 1.54) is 12.1 Å². The molecule has 5 nitrogen and oxygen atoms in total. The van der Waals surface area contributed by atoms with Crippen molar-refractivity contribution in [1.29, 1.82) is 5.26 Å². The molecule has 0 aliphatic rings. The molecular formula is C24H22N2O3S. The number of nitriles is 1. The standard InChI is InChI=1S/C24H22N2O3S/c25-19-21-16-15-20(10-4-3-9-17-29-22-11-5-1-6-12-22)18-24(21)26-30(27,28)23-13-7-2-8-14-23/h1-2,4-8,10-16,18,26H,3,9,17H2/b10-4+. The zero-order valence-electron chi connectivity index (χ0n) is 16.4. The highest BCUT2D eigenvalue weighted by Gasteiger charge is 2.15. The normalized spacial score (nSPS) is 11.2. The second-order valence-corrected chi connectivity index (χ2v) is 8.22. The van der Waals surface area contributed by atoms with Crippen LogP contribution in [0.1, 0.15) is 24.0 Å². The van der Waals surface area contributed by atoms with Crippen LogP contribution in [-0.4, -0.2) is 15.0 Å². The zero-order valence-corrected chi connectivity index (χ0v) is 17.2. The number of hydrogen-bond acceptors (Lipinski definition) is 4. The fraction of sp³-hybridized carbons (Fsp3) is 0.125. The van der Waals surface area contributed by atoms with E-state index in [9.17, 15) is 13.7 Å². The Morgan fingerprint density at radius 2 is 1.67 bits per heavy atom. The summed E-state index contributed by atoms with van der Waals surface area (Å²) < 4.78 is 33.3. The number of anilines is 1. The smallest absolute Gasteiger partial charge is 0.261 e. The van der Waals surface area contributed by atoms with Gasteiger partial charge < -0.3 is 4.74 Å². The minimum atomic E-state index is -3.76. The van der Waals surface area contributed by atoms with Crippen molar-refractivity contribution >= 4 is 21.8 Å². The van der Waals surface area contributed by atoms with Gasteiger partial charge in [-0.25, -0.2) is 8.42 Å². The van der Waals surface area contributed by atoms with E-state index in [4.69, 9.17) is 4.74 Å². The van der Waals surface area contributed by atoms with Crippen molar-refractivity contribution in [3.8, 4) is 11.8 Å². The predicted octanol–water partition coefficient (Wildman–Crippen LogP) is 5.23. The van der Waals surface area contributed by atoms with Crippen LogP contribution < -0.4 is 9.46 Å². The van der Waals surface area contributed by atoms with Crippen LogP contribution in [0, 0.1) is 11.3 Å². The maximum Gasteiger partial charge on any atom is 0.261 e. The van der Waals surface area contributed by atoms with E-state index in [0.717, 1.165) is 24.2 Å². The van der Waals surface area contributed by atoms with Crippen LogP contribution in [0.15, 0.2) is 89.8 Å². The molecule has 6 heteroatoms. The SMILES string of the molecule is N#Cc1ccc(/C=C/CCCOc2ccccc2)cc1NS(=O)(=O)c1ccccc1. The van der Waals surface area contributed by atoms with E-state index in [-0.39, 0.29) is 16.1 Å². The molecule has 0 heterocycles. The third kappa shape index (κ3) is 5.97. The molecule has 0 saturated carbocycles. The summed E-state index contributed by atoms with van der Waals surface area (Å²) in [6, 6.07) is 24.8. The number of nitrogens with zero attached hydrogens (tertiary/aromatic N) is 1. The van der Waals surface area contributed by atoms with E-state index in [1.807, 2.05) is 48.6 Å². The Balaban J connectivity index is 1.61. The number of sulfonamides is 1. The van der Waals surface area contributed by atoms with Gasteiger partial charge in [0.05, 0.1) is 22.8 Å². The van der Waals surface area contributed by atoms with Gasteiger partial charge in [0.1, 0.15) is 11.8 Å². The molecule has 0 unspecified atom stereocenters. The van der Waals surface area contributed by atoms with Crippen molar-refractivity contribution in [2.75, 3.05) is 11.3 Å². The van der Waals surface area contributed by atoms with Gasteiger partial charge in [-0.1, -0.05) is 54.6 Å². The van der Waals surface area contributed by atoms with Crippen molar-refractivity contribution in [2.45, 2.75) is 17.7 Å². The lowest BCUT2D eigenvalue weighted by molar-refractivity contribution is 0.312. The van der Waals surface area contributed by atoms with Crippen LogP contribution in [0.4, 0.5) is 5.69 Å². The molecule has 0 fully saturated rings. The zero-order chi connectivity index (χ0) is 21.2. The number of nitrogens with one attached hydrogen (secondary N) is 1. The van der Waals surface area contributed by atoms with Gasteiger partial charge >= 0.3 is 0 Å². The molecule has 0 saturated heterocycles. The average Bonchev–Trinajstić information content (AvgIpc) is 2.77. The molecule has 0 aromatic heterocycles. The highest BCUT2D eigenvalue weighted by Crippen LogP contribution is 2.22. The maximum atomic E-state index is 12.6. The number of ether oxygens (including phenoxy) is 1. The van der Waals surface area contributed by atoms with E-state index >= 15 is 0 Å². The topological polar surface area (TPSA) is 79.2 Å². The third-order valence-electron chi connectivity index (χ3n) is 4.30. The van der Waals surface area contributed by atoms with E-state index < -0.39 is 10.0 Å². The van der Waals surface area contributed by atoms with Crippen LogP contribution in [0.2, 0.25) is 0 Å². The molecule has 0 aliphatic carbocycles. The Hall–Kier alpha value is -3.56. The molecule has 0 radical (unpaired) electrons. The van der Waals surface area contributed by atoms with Gasteiger partial charge in [0.15, 0.2) is 0 Å². The Kier molecular flexibility index (Phi) is 7.25. The lowest BCUT2D eigenvalue weighted by atomic mass is 10.1. The fourth-order valence-corrected chi connectivity index (χ4v) is 3.87. The number of rotatable bonds is 9. The van der Waals surface area contributed by atoms with Gasteiger partial charge in [0, 0.05) is 0 Å². The maximum absolute atomic E-state index is 12.6. The van der Waals surface area contributed by atoms with E-state index in [0.29, 0.717) is 6.61 Å². The van der Waals surface area contributed by atoms with Crippen molar-refractivity contribution in [3.63, 3.8) is 0 Å². The number of unbranched alkanes of at least 4 members (excludes halogenated alkanes) is 1. The monoisotopic (exact) mass is 418 g/mol. The average molecular weight is 419 g/mol. The van der Waals surface area contributed by atoms with Crippen LogP contribution in [0.3, 0.4) is 0 Å². The lowest BCUT2D eigenvalue weighted by Crippen LogP contribution is -2.13. The molecule has 3 aromatic rings. The Morgan fingerprint density at radius 3 is 2.37 bits per heavy atom. The third-order valence-corrected chi connectivity index (χ3v) is 5.68. The summed E-state index contributed by atoms with van der Waals surface area (Å²) in [5.74, 6) is 0.851. The molecule has 0 amide bonds. The van der Waals surface area contributed by atoms with E-state index in [1.54, 1.807) is 36.4 Å². The molecule has 0 aliphatic heterocycles. The highest BCUT2D eigenvalue weighted by molar-refractivity contribution is 7.92. The Bertz CT molecular complexity index is 1140. The molecule has 30 heavy (non-hydrogen) atoms. The second kappa shape index (κ2) is 10.3. The van der Waals surface area contributed by atoms with Crippen molar-refractivity contribution in [1.82, 2.24) is 0 Å². The number of benzene rings is 3. The summed E-state index contributed by atoms with van der Waals surface area (Å²) in [7, 11) is -3.76. The number of hydrogen-bond donors (Lipinski definition) is 1. The van der Waals surface area contributed by atoms with Crippen LogP contribution in [-0.2, 0) is 10.0 Å². The minimum absolute atomic E-state index is 0.147. The van der Waals surface area contributed by atoms with Crippen LogP contribution in [0.5, 0.6) is 5.75 Å². The first-order chi connectivity index (χ1) is 14.6. The molecule has 3 aromatic carbocycles. The highest BCUT2D eigenvalue weighted by atomic mass is 32.2.